The Morgan fingerprint density at radius 1 is 0.863 bits per heavy atom. The summed E-state index contributed by atoms with van der Waals surface area (Å²) in [4.78, 5) is 36.6. The van der Waals surface area contributed by atoms with Crippen LogP contribution in [0.5, 0.6) is 11.5 Å². The zero-order valence-electron chi connectivity index (χ0n) is 30.1. The van der Waals surface area contributed by atoms with Crippen molar-refractivity contribution in [3.8, 4) is 11.5 Å². The van der Waals surface area contributed by atoms with Gasteiger partial charge in [0, 0.05) is 24.0 Å². The van der Waals surface area contributed by atoms with E-state index in [0.29, 0.717) is 31.6 Å². The highest BCUT2D eigenvalue weighted by Gasteiger charge is 2.42. The topological polar surface area (TPSA) is 109 Å². The van der Waals surface area contributed by atoms with Crippen LogP contribution in [-0.2, 0) is 34.2 Å². The predicted molar refractivity (Wildman–Crippen MR) is 198 cm³/mol. The molecular formula is C41H49NO8S. The van der Waals surface area contributed by atoms with Crippen molar-refractivity contribution in [3.05, 3.63) is 108 Å². The molecule has 4 atom stereocenters. The number of amides is 2. The molecule has 10 heteroatoms. The Labute approximate surface area is 305 Å². The van der Waals surface area contributed by atoms with Gasteiger partial charge in [0.2, 0.25) is 11.8 Å². The summed E-state index contributed by atoms with van der Waals surface area (Å²) in [6, 6.07) is 26.0. The van der Waals surface area contributed by atoms with E-state index in [1.165, 1.54) is 17.8 Å². The van der Waals surface area contributed by atoms with Crippen molar-refractivity contribution in [2.24, 2.45) is 11.3 Å². The number of hydrogen-bond donors (Lipinski definition) is 1. The standard InChI is InChI=1S/C41H49NO8S/c1-40(2,3)39(45)51-24-23-48-36-26-34(50-35(36)21-11-28-12-22-37(43)42-38(44)25-28)27-49-41(29-9-7-6-8-10-29,30-13-17-32(46-4)18-14-30)31-15-19-33(47-5)20-16-31/h6-10,12-20,22,28,34-36H,11,21,23-27H2,1-5H3,(H,42,43,44)/t28?,34-,35-,36+/m0/s1. The summed E-state index contributed by atoms with van der Waals surface area (Å²) in [5.74, 6) is 1.26. The first-order chi connectivity index (χ1) is 24.5. The van der Waals surface area contributed by atoms with Crippen molar-refractivity contribution in [1.29, 1.82) is 0 Å². The maximum absolute atomic E-state index is 12.5. The minimum Gasteiger partial charge on any atom is -0.497 e. The van der Waals surface area contributed by atoms with Gasteiger partial charge in [0.15, 0.2) is 5.12 Å². The van der Waals surface area contributed by atoms with Crippen LogP contribution in [0.1, 0.15) is 63.1 Å². The van der Waals surface area contributed by atoms with Gasteiger partial charge in [-0.3, -0.25) is 19.7 Å². The summed E-state index contributed by atoms with van der Waals surface area (Å²) in [5, 5.41) is 2.50. The van der Waals surface area contributed by atoms with E-state index in [1.54, 1.807) is 20.3 Å². The number of carbonyl (C=O) groups is 3. The zero-order chi connectivity index (χ0) is 36.4. The van der Waals surface area contributed by atoms with Gasteiger partial charge in [-0.05, 0) is 65.8 Å². The molecule has 0 saturated carbocycles. The molecule has 0 aliphatic carbocycles. The first kappa shape index (κ1) is 38.3. The Balaban J connectivity index is 1.39. The lowest BCUT2D eigenvalue weighted by molar-refractivity contribution is -0.128. The molecule has 1 fully saturated rings. The van der Waals surface area contributed by atoms with Gasteiger partial charge < -0.3 is 23.7 Å². The van der Waals surface area contributed by atoms with Gasteiger partial charge >= 0.3 is 0 Å². The Morgan fingerprint density at radius 3 is 2.06 bits per heavy atom. The molecule has 1 saturated heterocycles. The van der Waals surface area contributed by atoms with Crippen molar-refractivity contribution >= 4 is 28.7 Å². The van der Waals surface area contributed by atoms with Gasteiger partial charge in [0.05, 0.1) is 45.7 Å². The van der Waals surface area contributed by atoms with Crippen molar-refractivity contribution in [2.45, 2.75) is 70.4 Å². The fourth-order valence-corrected chi connectivity index (χ4v) is 7.31. The maximum atomic E-state index is 12.5. The Morgan fingerprint density at radius 2 is 1.47 bits per heavy atom. The highest BCUT2D eigenvalue weighted by molar-refractivity contribution is 8.13. The lowest BCUT2D eigenvalue weighted by atomic mass is 9.80. The summed E-state index contributed by atoms with van der Waals surface area (Å²) in [6.45, 7) is 6.41. The largest absolute Gasteiger partial charge is 0.497 e. The number of methoxy groups -OCH3 is 2. The van der Waals surface area contributed by atoms with Crippen LogP contribution in [0.15, 0.2) is 91.0 Å². The molecular weight excluding hydrogens is 667 g/mol. The fourth-order valence-electron chi connectivity index (χ4n) is 6.52. The molecule has 0 bridgehead atoms. The smallest absolute Gasteiger partial charge is 0.250 e. The highest BCUT2D eigenvalue weighted by atomic mass is 32.2. The molecule has 1 N–H and O–H groups in total. The number of nitrogens with one attached hydrogen (secondary N) is 1. The molecule has 1 unspecified atom stereocenters. The molecule has 5 rings (SSSR count). The van der Waals surface area contributed by atoms with E-state index in [1.807, 2.05) is 87.5 Å². The summed E-state index contributed by atoms with van der Waals surface area (Å²) in [5.41, 5.74) is 1.39. The molecule has 2 amide bonds. The Bertz CT molecular complexity index is 1590. The molecule has 2 aliphatic rings. The Hall–Kier alpha value is -3.96. The van der Waals surface area contributed by atoms with Crippen LogP contribution in [0.2, 0.25) is 0 Å². The zero-order valence-corrected chi connectivity index (χ0v) is 30.9. The van der Waals surface area contributed by atoms with E-state index in [4.69, 9.17) is 23.7 Å². The molecule has 0 radical (unpaired) electrons. The molecule has 0 aromatic heterocycles. The molecule has 3 aromatic carbocycles. The van der Waals surface area contributed by atoms with Gasteiger partial charge in [0.1, 0.15) is 17.1 Å². The second-order valence-corrected chi connectivity index (χ2v) is 15.0. The first-order valence-electron chi connectivity index (χ1n) is 17.5. The minimum atomic E-state index is -0.993. The second-order valence-electron chi connectivity index (χ2n) is 14.0. The van der Waals surface area contributed by atoms with Crippen molar-refractivity contribution in [2.75, 3.05) is 33.2 Å². The van der Waals surface area contributed by atoms with Crippen LogP contribution in [0.3, 0.4) is 0 Å². The van der Waals surface area contributed by atoms with E-state index >= 15 is 0 Å². The van der Waals surface area contributed by atoms with E-state index in [0.717, 1.165) is 28.2 Å². The Kier molecular flexibility index (Phi) is 13.1. The minimum absolute atomic E-state index is 0.0909. The number of thioether (sulfide) groups is 1. The molecule has 272 valence electrons. The number of ether oxygens (including phenoxy) is 5. The SMILES string of the molecule is COc1ccc(C(OC[C@@H]2C[C@@H](OCCSC(=O)C(C)(C)C)[C@H](CCC3C=CC(=O)NC(=O)C3)O2)(c2ccccc2)c2ccc(OC)cc2)cc1. The average Bonchev–Trinajstić information content (AvgIpc) is 3.44. The van der Waals surface area contributed by atoms with Gasteiger partial charge in [-0.2, -0.15) is 0 Å². The summed E-state index contributed by atoms with van der Waals surface area (Å²) in [7, 11) is 3.29. The van der Waals surface area contributed by atoms with Gasteiger partial charge in [-0.25, -0.2) is 0 Å². The summed E-state index contributed by atoms with van der Waals surface area (Å²) < 4.78 is 31.2. The molecule has 9 nitrogen and oxygen atoms in total. The van der Waals surface area contributed by atoms with Crippen molar-refractivity contribution in [3.63, 3.8) is 0 Å². The number of benzene rings is 3. The fraction of sp³-hybridized carbons (Fsp3) is 0.439. The van der Waals surface area contributed by atoms with Gasteiger partial charge in [-0.1, -0.05) is 93.2 Å². The third-order valence-corrected chi connectivity index (χ3v) is 10.5. The number of allylic oxidation sites excluding steroid dienone is 1. The third kappa shape index (κ3) is 9.89. The van der Waals surface area contributed by atoms with Crippen LogP contribution in [0.25, 0.3) is 0 Å². The molecule has 2 heterocycles. The number of hydrogen-bond acceptors (Lipinski definition) is 9. The van der Waals surface area contributed by atoms with Gasteiger partial charge in [0.25, 0.3) is 0 Å². The number of imide groups is 1. The summed E-state index contributed by atoms with van der Waals surface area (Å²) >= 11 is 1.29. The van der Waals surface area contributed by atoms with Crippen LogP contribution < -0.4 is 14.8 Å². The van der Waals surface area contributed by atoms with Crippen molar-refractivity contribution in [1.82, 2.24) is 5.32 Å². The lowest BCUT2D eigenvalue weighted by Gasteiger charge is -2.37. The third-order valence-electron chi connectivity index (χ3n) is 9.25. The van der Waals surface area contributed by atoms with Gasteiger partial charge in [-0.15, -0.1) is 0 Å². The molecule has 0 spiro atoms. The van der Waals surface area contributed by atoms with E-state index in [2.05, 4.69) is 17.4 Å². The van der Waals surface area contributed by atoms with Crippen LogP contribution in [0, 0.1) is 11.3 Å². The quantitative estimate of drug-likeness (QED) is 0.103. The van der Waals surface area contributed by atoms with E-state index < -0.39 is 16.9 Å². The monoisotopic (exact) mass is 715 g/mol. The first-order valence-corrected chi connectivity index (χ1v) is 18.4. The maximum Gasteiger partial charge on any atom is 0.250 e. The van der Waals surface area contributed by atoms with Crippen LogP contribution in [-0.4, -0.2) is 68.4 Å². The average molecular weight is 716 g/mol. The van der Waals surface area contributed by atoms with E-state index in [-0.39, 0.29) is 48.3 Å². The number of carbonyl (C=O) groups excluding carboxylic acids is 3. The normalized spacial score (nSPS) is 20.9. The predicted octanol–water partition coefficient (Wildman–Crippen LogP) is 6.86. The lowest BCUT2D eigenvalue weighted by Crippen LogP contribution is -2.36. The van der Waals surface area contributed by atoms with Crippen molar-refractivity contribution < 1.29 is 38.1 Å². The van der Waals surface area contributed by atoms with Crippen LogP contribution in [0.4, 0.5) is 0 Å². The second kappa shape index (κ2) is 17.5. The molecule has 3 aromatic rings. The van der Waals surface area contributed by atoms with Crippen LogP contribution >= 0.6 is 11.8 Å². The molecule has 51 heavy (non-hydrogen) atoms. The highest BCUT2D eigenvalue weighted by Crippen LogP contribution is 2.42. The summed E-state index contributed by atoms with van der Waals surface area (Å²) in [6.07, 6.45) is 4.56. The number of rotatable bonds is 15. The molecule has 2 aliphatic heterocycles. The van der Waals surface area contributed by atoms with E-state index in [9.17, 15) is 14.4 Å².